The second kappa shape index (κ2) is 9.37. The highest BCUT2D eigenvalue weighted by molar-refractivity contribution is 6.31. The molecule has 1 heterocycles. The number of nitrogens with one attached hydrogen (secondary N) is 2. The van der Waals surface area contributed by atoms with Crippen LogP contribution in [0.5, 0.6) is 0 Å². The van der Waals surface area contributed by atoms with Crippen LogP contribution in [-0.2, 0) is 0 Å². The number of rotatable bonds is 7. The van der Waals surface area contributed by atoms with Crippen LogP contribution in [0.3, 0.4) is 0 Å². The first-order valence-electron chi connectivity index (χ1n) is 10.3. The summed E-state index contributed by atoms with van der Waals surface area (Å²) in [7, 11) is 0. The van der Waals surface area contributed by atoms with E-state index in [1.165, 1.54) is 0 Å². The first-order valence-corrected chi connectivity index (χ1v) is 10.6. The maximum absolute atomic E-state index is 12.5. The van der Waals surface area contributed by atoms with Crippen molar-refractivity contribution in [2.45, 2.75) is 37.8 Å². The van der Waals surface area contributed by atoms with E-state index in [9.17, 15) is 9.59 Å². The summed E-state index contributed by atoms with van der Waals surface area (Å²) in [5.74, 6) is -0.0418. The zero-order valence-electron chi connectivity index (χ0n) is 16.6. The predicted octanol–water partition coefficient (Wildman–Crippen LogP) is 4.90. The van der Waals surface area contributed by atoms with Crippen LogP contribution in [0.25, 0.3) is 10.9 Å². The topological polar surface area (TPSA) is 71.1 Å². The fraction of sp³-hybridized carbons (Fsp3) is 0.292. The van der Waals surface area contributed by atoms with Gasteiger partial charge >= 0.3 is 0 Å². The molecule has 0 atom stereocenters. The second-order valence-electron chi connectivity index (χ2n) is 7.72. The van der Waals surface area contributed by atoms with Crippen molar-refractivity contribution in [2.75, 3.05) is 11.9 Å². The molecule has 0 aliphatic heterocycles. The van der Waals surface area contributed by atoms with Crippen molar-refractivity contribution in [3.63, 3.8) is 0 Å². The van der Waals surface area contributed by atoms with Crippen LogP contribution in [0.2, 0.25) is 5.02 Å². The van der Waals surface area contributed by atoms with Gasteiger partial charge in [0.15, 0.2) is 12.1 Å². The highest BCUT2D eigenvalue weighted by atomic mass is 35.5. The van der Waals surface area contributed by atoms with Crippen molar-refractivity contribution >= 4 is 40.3 Å². The molecule has 154 valence electrons. The van der Waals surface area contributed by atoms with Crippen molar-refractivity contribution in [1.29, 1.82) is 0 Å². The van der Waals surface area contributed by atoms with Gasteiger partial charge in [-0.2, -0.15) is 0 Å². The largest absolute Gasteiger partial charge is 0.382 e. The first-order chi connectivity index (χ1) is 14.6. The molecule has 3 aromatic rings. The number of Topliss-reactive ketones (excluding diaryl/α,β-unsaturated/α-hetero) is 1. The summed E-state index contributed by atoms with van der Waals surface area (Å²) >= 11 is 6.08. The number of carbonyl (C=O) groups excluding carboxylic acids is 2. The molecule has 1 saturated carbocycles. The summed E-state index contributed by atoms with van der Waals surface area (Å²) in [6, 6.07) is 15.4. The van der Waals surface area contributed by atoms with Crippen LogP contribution < -0.4 is 10.6 Å². The fourth-order valence-corrected chi connectivity index (χ4v) is 4.26. The Bertz CT molecular complexity index is 1060. The number of anilines is 1. The Kier molecular flexibility index (Phi) is 6.41. The Morgan fingerprint density at radius 2 is 1.83 bits per heavy atom. The van der Waals surface area contributed by atoms with E-state index >= 15 is 0 Å². The Morgan fingerprint density at radius 1 is 1.07 bits per heavy atom. The number of nitrogens with zero attached hydrogens (tertiary/aromatic N) is 1. The standard InChI is InChI=1S/C24H24ClN3O2/c25-17-5-10-21-22(11-12-26-23(21)13-17)28-19-8-6-18(7-9-19)27-14-24(30)20-4-2-1-3-16(20)15-29/h1-5,10-13,15,18-19,27H,6-9,14H2,(H,26,28). The summed E-state index contributed by atoms with van der Waals surface area (Å²) < 4.78 is 0. The van der Waals surface area contributed by atoms with E-state index in [4.69, 9.17) is 11.6 Å². The van der Waals surface area contributed by atoms with Gasteiger partial charge in [-0.3, -0.25) is 14.6 Å². The van der Waals surface area contributed by atoms with Crippen LogP contribution in [0.1, 0.15) is 46.4 Å². The van der Waals surface area contributed by atoms with E-state index in [1.54, 1.807) is 30.5 Å². The molecule has 1 fully saturated rings. The number of aromatic nitrogens is 1. The van der Waals surface area contributed by atoms with Gasteiger partial charge in [-0.05, 0) is 49.9 Å². The number of ketones is 1. The monoisotopic (exact) mass is 421 g/mol. The number of hydrogen-bond donors (Lipinski definition) is 2. The average Bonchev–Trinajstić information content (AvgIpc) is 2.78. The molecule has 1 aliphatic rings. The smallest absolute Gasteiger partial charge is 0.177 e. The van der Waals surface area contributed by atoms with Crippen LogP contribution in [0, 0.1) is 0 Å². The van der Waals surface area contributed by atoms with Crippen molar-refractivity contribution in [3.8, 4) is 0 Å². The summed E-state index contributed by atoms with van der Waals surface area (Å²) in [5.41, 5.74) is 2.90. The van der Waals surface area contributed by atoms with Gasteiger partial charge < -0.3 is 10.6 Å². The maximum atomic E-state index is 12.5. The fourth-order valence-electron chi connectivity index (χ4n) is 4.09. The van der Waals surface area contributed by atoms with Crippen molar-refractivity contribution in [2.24, 2.45) is 0 Å². The minimum Gasteiger partial charge on any atom is -0.382 e. The Hall–Kier alpha value is -2.76. The van der Waals surface area contributed by atoms with Gasteiger partial charge in [0, 0.05) is 45.5 Å². The van der Waals surface area contributed by atoms with Crippen molar-refractivity contribution < 1.29 is 9.59 Å². The highest BCUT2D eigenvalue weighted by Gasteiger charge is 2.22. The average molecular weight is 422 g/mol. The van der Waals surface area contributed by atoms with Crippen LogP contribution in [-0.4, -0.2) is 35.7 Å². The van der Waals surface area contributed by atoms with Crippen LogP contribution in [0.15, 0.2) is 54.7 Å². The Morgan fingerprint density at radius 3 is 2.63 bits per heavy atom. The van der Waals surface area contributed by atoms with E-state index in [0.29, 0.717) is 28.2 Å². The predicted molar refractivity (Wildman–Crippen MR) is 121 cm³/mol. The molecular formula is C24H24ClN3O2. The lowest BCUT2D eigenvalue weighted by molar-refractivity contribution is 0.0978. The van der Waals surface area contributed by atoms with E-state index < -0.39 is 0 Å². The van der Waals surface area contributed by atoms with E-state index in [2.05, 4.69) is 15.6 Å². The van der Waals surface area contributed by atoms with Crippen molar-refractivity contribution in [1.82, 2.24) is 10.3 Å². The normalized spacial score (nSPS) is 18.8. The number of fused-ring (bicyclic) bond motifs is 1. The van der Waals surface area contributed by atoms with Gasteiger partial charge in [0.2, 0.25) is 0 Å². The first kappa shape index (κ1) is 20.5. The molecule has 0 bridgehead atoms. The number of aldehydes is 1. The molecule has 0 amide bonds. The van der Waals surface area contributed by atoms with Gasteiger partial charge in [0.05, 0.1) is 12.1 Å². The minimum atomic E-state index is -0.0418. The molecule has 30 heavy (non-hydrogen) atoms. The Balaban J connectivity index is 1.30. The van der Waals surface area contributed by atoms with Gasteiger partial charge in [0.25, 0.3) is 0 Å². The molecule has 4 rings (SSSR count). The molecule has 1 aliphatic carbocycles. The molecule has 0 unspecified atom stereocenters. The lowest BCUT2D eigenvalue weighted by Gasteiger charge is -2.30. The van der Waals surface area contributed by atoms with Gasteiger partial charge in [-0.15, -0.1) is 0 Å². The second-order valence-corrected chi connectivity index (χ2v) is 8.16. The third kappa shape index (κ3) is 4.69. The highest BCUT2D eigenvalue weighted by Crippen LogP contribution is 2.28. The summed E-state index contributed by atoms with van der Waals surface area (Å²) in [4.78, 5) is 28.0. The number of carbonyl (C=O) groups is 2. The number of halogens is 1. The van der Waals surface area contributed by atoms with E-state index in [-0.39, 0.29) is 12.3 Å². The molecule has 2 aromatic carbocycles. The molecule has 0 radical (unpaired) electrons. The maximum Gasteiger partial charge on any atom is 0.177 e. The minimum absolute atomic E-state index is 0.0418. The van der Waals surface area contributed by atoms with Crippen molar-refractivity contribution in [3.05, 3.63) is 70.9 Å². The quantitative estimate of drug-likeness (QED) is 0.419. The van der Waals surface area contributed by atoms with E-state index in [1.807, 2.05) is 24.3 Å². The van der Waals surface area contributed by atoms with Gasteiger partial charge in [-0.1, -0.05) is 35.9 Å². The zero-order chi connectivity index (χ0) is 20.9. The summed E-state index contributed by atoms with van der Waals surface area (Å²) in [6.45, 7) is 0.253. The SMILES string of the molecule is O=Cc1ccccc1C(=O)CNC1CCC(Nc2ccnc3cc(Cl)ccc23)CC1. The molecule has 5 nitrogen and oxygen atoms in total. The van der Waals surface area contributed by atoms with Crippen LogP contribution in [0.4, 0.5) is 5.69 Å². The molecular weight excluding hydrogens is 398 g/mol. The Labute approximate surface area is 180 Å². The summed E-state index contributed by atoms with van der Waals surface area (Å²) in [6.07, 6.45) is 6.57. The zero-order valence-corrected chi connectivity index (χ0v) is 17.4. The molecule has 6 heteroatoms. The number of benzene rings is 2. The lowest BCUT2D eigenvalue weighted by atomic mass is 9.90. The van der Waals surface area contributed by atoms with Crippen LogP contribution >= 0.6 is 11.6 Å². The van der Waals surface area contributed by atoms with E-state index in [0.717, 1.165) is 48.6 Å². The third-order valence-corrected chi connectivity index (χ3v) is 5.97. The molecule has 0 saturated heterocycles. The molecule has 1 aromatic heterocycles. The number of hydrogen-bond acceptors (Lipinski definition) is 5. The number of pyridine rings is 1. The third-order valence-electron chi connectivity index (χ3n) is 5.73. The molecule has 0 spiro atoms. The lowest BCUT2D eigenvalue weighted by Crippen LogP contribution is -2.39. The van der Waals surface area contributed by atoms with Gasteiger partial charge in [-0.25, -0.2) is 0 Å². The molecule has 2 N–H and O–H groups in total. The van der Waals surface area contributed by atoms with Gasteiger partial charge in [0.1, 0.15) is 0 Å². The summed E-state index contributed by atoms with van der Waals surface area (Å²) in [5, 5.41) is 8.78.